The van der Waals surface area contributed by atoms with Crippen LogP contribution in [0.2, 0.25) is 0 Å². The molecule has 2 amide bonds. The van der Waals surface area contributed by atoms with Crippen LogP contribution >= 0.6 is 11.8 Å². The number of hydrogen-bond donors (Lipinski definition) is 0. The highest BCUT2D eigenvalue weighted by Gasteiger charge is 2.40. The first kappa shape index (κ1) is 27.5. The summed E-state index contributed by atoms with van der Waals surface area (Å²) in [6.45, 7) is 2.45. The molecule has 2 atom stereocenters. The Morgan fingerprint density at radius 1 is 0.854 bits per heavy atom. The summed E-state index contributed by atoms with van der Waals surface area (Å²) >= 11 is 1.64. The van der Waals surface area contributed by atoms with Gasteiger partial charge in [-0.15, -0.1) is 11.8 Å². The molecule has 0 radical (unpaired) electrons. The summed E-state index contributed by atoms with van der Waals surface area (Å²) < 4.78 is 28.7. The highest BCUT2D eigenvalue weighted by molar-refractivity contribution is 8.04. The molecular weight excluding hydrogens is 540 g/mol. The lowest BCUT2D eigenvalue weighted by Crippen LogP contribution is -2.50. The molecular formula is C33H33F2N3O2S. The third kappa shape index (κ3) is 5.89. The molecule has 2 aliphatic heterocycles. The van der Waals surface area contributed by atoms with Crippen LogP contribution < -0.4 is 4.90 Å². The van der Waals surface area contributed by atoms with Gasteiger partial charge in [0.15, 0.2) is 0 Å². The zero-order valence-corrected chi connectivity index (χ0v) is 23.7. The van der Waals surface area contributed by atoms with Crippen LogP contribution in [0.1, 0.15) is 47.2 Å². The number of carbonyl (C=O) groups is 2. The van der Waals surface area contributed by atoms with Gasteiger partial charge < -0.3 is 14.7 Å². The van der Waals surface area contributed by atoms with E-state index in [1.807, 2.05) is 40.1 Å². The second kappa shape index (κ2) is 12.1. The van der Waals surface area contributed by atoms with Crippen molar-refractivity contribution in [2.45, 2.75) is 43.5 Å². The van der Waals surface area contributed by atoms with Crippen molar-refractivity contribution < 1.29 is 18.4 Å². The van der Waals surface area contributed by atoms with E-state index in [0.717, 1.165) is 31.2 Å². The van der Waals surface area contributed by atoms with E-state index in [4.69, 9.17) is 0 Å². The van der Waals surface area contributed by atoms with E-state index in [2.05, 4.69) is 0 Å². The second-order valence-electron chi connectivity index (χ2n) is 10.9. The van der Waals surface area contributed by atoms with Gasteiger partial charge in [-0.2, -0.15) is 0 Å². The van der Waals surface area contributed by atoms with Crippen molar-refractivity contribution in [3.05, 3.63) is 106 Å². The average molecular weight is 574 g/mol. The number of rotatable bonds is 5. The van der Waals surface area contributed by atoms with Crippen molar-refractivity contribution in [3.8, 4) is 0 Å². The van der Waals surface area contributed by atoms with E-state index in [1.54, 1.807) is 53.1 Å². The summed E-state index contributed by atoms with van der Waals surface area (Å²) in [6, 6.07) is 20.8. The van der Waals surface area contributed by atoms with Crippen LogP contribution in [-0.2, 0) is 11.3 Å². The number of halogens is 2. The van der Waals surface area contributed by atoms with Crippen LogP contribution in [0.4, 0.5) is 14.5 Å². The smallest absolute Gasteiger partial charge is 0.260 e. The number of carbonyl (C=O) groups excluding carboxylic acids is 2. The molecule has 1 aliphatic carbocycles. The predicted octanol–water partition coefficient (Wildman–Crippen LogP) is 6.35. The quantitative estimate of drug-likeness (QED) is 0.334. The number of para-hydroxylation sites is 1. The van der Waals surface area contributed by atoms with E-state index in [0.29, 0.717) is 53.1 Å². The number of piperazine rings is 1. The molecule has 8 heteroatoms. The van der Waals surface area contributed by atoms with E-state index < -0.39 is 0 Å². The Morgan fingerprint density at radius 3 is 2.27 bits per heavy atom. The standard InChI is InChI=1S/C33H33F2N3O2S/c34-26-8-2-1-7-25(26)22-38-29-11-5-6-12-30(29)41-31(33(38)40)21-23-13-15-24(16-14-23)32(39)37-19-17-36(18-20-37)28-10-4-3-9-27(28)35/h1-4,7-10,13-16,21,29-30H,5-6,11-12,17-20,22H2/b31-21+. The number of thioether (sulfide) groups is 1. The summed E-state index contributed by atoms with van der Waals surface area (Å²) in [7, 11) is 0. The van der Waals surface area contributed by atoms with Crippen molar-refractivity contribution in [2.24, 2.45) is 0 Å². The van der Waals surface area contributed by atoms with E-state index in [-0.39, 0.29) is 36.0 Å². The Labute approximate surface area is 243 Å². The highest BCUT2D eigenvalue weighted by atomic mass is 32.2. The van der Waals surface area contributed by atoms with Crippen LogP contribution in [0.3, 0.4) is 0 Å². The molecule has 3 fully saturated rings. The van der Waals surface area contributed by atoms with E-state index in [9.17, 15) is 18.4 Å². The molecule has 0 bridgehead atoms. The van der Waals surface area contributed by atoms with Gasteiger partial charge in [0.05, 0.1) is 10.6 Å². The lowest BCUT2D eigenvalue weighted by molar-refractivity contribution is -0.130. The van der Waals surface area contributed by atoms with Crippen LogP contribution in [0.25, 0.3) is 6.08 Å². The van der Waals surface area contributed by atoms with Crippen molar-refractivity contribution in [1.82, 2.24) is 9.80 Å². The van der Waals surface area contributed by atoms with E-state index >= 15 is 0 Å². The van der Waals surface area contributed by atoms with Gasteiger partial charge >= 0.3 is 0 Å². The van der Waals surface area contributed by atoms with Gasteiger partial charge in [0.2, 0.25) is 0 Å². The lowest BCUT2D eigenvalue weighted by atomic mass is 9.92. The van der Waals surface area contributed by atoms with Crippen molar-refractivity contribution in [1.29, 1.82) is 0 Å². The SMILES string of the molecule is O=C(c1ccc(/C=C2/SC3CCCCC3N(Cc3ccccc3F)C2=O)cc1)N1CCN(c2ccccc2F)CC1. The third-order valence-electron chi connectivity index (χ3n) is 8.33. The summed E-state index contributed by atoms with van der Waals surface area (Å²) in [5.41, 5.74) is 2.54. The summed E-state index contributed by atoms with van der Waals surface area (Å²) in [4.78, 5) is 33.1. The van der Waals surface area contributed by atoms with Gasteiger partial charge in [0.25, 0.3) is 11.8 Å². The van der Waals surface area contributed by atoms with Crippen LogP contribution in [0, 0.1) is 11.6 Å². The fraction of sp³-hybridized carbons (Fsp3) is 0.333. The van der Waals surface area contributed by atoms with Crippen molar-refractivity contribution in [2.75, 3.05) is 31.1 Å². The normalized spacial score (nSPS) is 22.1. The molecule has 3 aliphatic rings. The van der Waals surface area contributed by atoms with Gasteiger partial charge in [-0.25, -0.2) is 8.78 Å². The summed E-state index contributed by atoms with van der Waals surface area (Å²) in [5, 5.41) is 0.295. The van der Waals surface area contributed by atoms with Gasteiger partial charge in [-0.3, -0.25) is 9.59 Å². The first-order valence-corrected chi connectivity index (χ1v) is 15.2. The first-order chi connectivity index (χ1) is 20.0. The Morgan fingerprint density at radius 2 is 1.54 bits per heavy atom. The Balaban J connectivity index is 1.14. The number of hydrogen-bond acceptors (Lipinski definition) is 4. The monoisotopic (exact) mass is 573 g/mol. The largest absolute Gasteiger partial charge is 0.366 e. The van der Waals surface area contributed by atoms with Gasteiger partial charge in [-0.05, 0) is 54.8 Å². The third-order valence-corrected chi connectivity index (χ3v) is 9.73. The maximum atomic E-state index is 14.5. The van der Waals surface area contributed by atoms with Crippen LogP contribution in [0.5, 0.6) is 0 Å². The lowest BCUT2D eigenvalue weighted by Gasteiger charge is -2.44. The molecule has 2 heterocycles. The minimum absolute atomic E-state index is 0.0541. The Bertz CT molecular complexity index is 1450. The van der Waals surface area contributed by atoms with Gasteiger partial charge in [-0.1, -0.05) is 55.3 Å². The first-order valence-electron chi connectivity index (χ1n) is 14.3. The Kier molecular flexibility index (Phi) is 8.10. The molecule has 0 N–H and O–H groups in total. The molecule has 3 aromatic carbocycles. The average Bonchev–Trinajstić information content (AvgIpc) is 3.00. The number of fused-ring (bicyclic) bond motifs is 1. The summed E-state index contributed by atoms with van der Waals surface area (Å²) in [6.07, 6.45) is 6.08. The molecule has 212 valence electrons. The molecule has 2 saturated heterocycles. The van der Waals surface area contributed by atoms with Gasteiger partial charge in [0.1, 0.15) is 11.6 Å². The minimum atomic E-state index is -0.287. The minimum Gasteiger partial charge on any atom is -0.366 e. The maximum absolute atomic E-state index is 14.5. The maximum Gasteiger partial charge on any atom is 0.260 e. The molecule has 3 aromatic rings. The Hall–Kier alpha value is -3.65. The molecule has 41 heavy (non-hydrogen) atoms. The number of anilines is 1. The zero-order chi connectivity index (χ0) is 28.3. The van der Waals surface area contributed by atoms with Crippen LogP contribution in [-0.4, -0.2) is 59.1 Å². The topological polar surface area (TPSA) is 43.9 Å². The molecule has 6 rings (SSSR count). The second-order valence-corrected chi connectivity index (χ2v) is 12.2. The fourth-order valence-electron chi connectivity index (χ4n) is 6.09. The number of amides is 2. The van der Waals surface area contributed by atoms with E-state index in [1.165, 1.54) is 12.1 Å². The van der Waals surface area contributed by atoms with Gasteiger partial charge in [0, 0.05) is 55.1 Å². The zero-order valence-electron chi connectivity index (χ0n) is 22.8. The molecule has 5 nitrogen and oxygen atoms in total. The molecule has 2 unspecified atom stereocenters. The number of nitrogens with zero attached hydrogens (tertiary/aromatic N) is 3. The predicted molar refractivity (Wildman–Crippen MR) is 160 cm³/mol. The summed E-state index contributed by atoms with van der Waals surface area (Å²) in [5.74, 6) is -0.651. The van der Waals surface area contributed by atoms with Crippen molar-refractivity contribution in [3.63, 3.8) is 0 Å². The van der Waals surface area contributed by atoms with Crippen LogP contribution in [0.15, 0.2) is 77.7 Å². The molecule has 1 saturated carbocycles. The molecule has 0 spiro atoms. The number of benzene rings is 3. The van der Waals surface area contributed by atoms with Crippen molar-refractivity contribution >= 4 is 35.3 Å². The highest BCUT2D eigenvalue weighted by Crippen LogP contribution is 2.43. The fourth-order valence-corrected chi connectivity index (χ4v) is 7.56. The molecule has 0 aromatic heterocycles.